The molecule has 1 aliphatic rings. The molecule has 0 fully saturated rings. The van der Waals surface area contributed by atoms with Crippen LogP contribution in [-0.2, 0) is 0 Å². The maximum atomic E-state index is 6.47. The summed E-state index contributed by atoms with van der Waals surface area (Å²) in [5.74, 6) is 1.82. The molecule has 10 rings (SSSR count). The van der Waals surface area contributed by atoms with Crippen molar-refractivity contribution in [2.45, 2.75) is 0 Å². The Bertz CT molecular complexity index is 2640. The molecule has 47 heavy (non-hydrogen) atoms. The van der Waals surface area contributed by atoms with E-state index in [1.165, 1.54) is 82.0 Å². The molecule has 0 spiro atoms. The second kappa shape index (κ2) is 10.2. The molecule has 0 aromatic heterocycles. The molecule has 1 nitrogen and oxygen atoms in total. The summed E-state index contributed by atoms with van der Waals surface area (Å²) in [6.07, 6.45) is 0. The first-order valence-corrected chi connectivity index (χ1v) is 16.2. The van der Waals surface area contributed by atoms with E-state index in [0.717, 1.165) is 17.1 Å². The molecule has 0 atom stereocenters. The minimum absolute atomic E-state index is 0.898. The minimum atomic E-state index is 0.898. The lowest BCUT2D eigenvalue weighted by atomic mass is 9.83. The first-order valence-electron chi connectivity index (χ1n) is 16.2. The largest absolute Gasteiger partial charge is 0.456 e. The van der Waals surface area contributed by atoms with Crippen LogP contribution < -0.4 is 4.74 Å². The van der Waals surface area contributed by atoms with Crippen LogP contribution in [0.4, 0.5) is 0 Å². The SMILES string of the molecule is c1ccc(-c2ccc(-c3c4ccccc4c(-c4ccc5c(c4)-c4cccc6cccc(c46)O5)c4ccccc34)c3ccccc23)cc1. The summed E-state index contributed by atoms with van der Waals surface area (Å²) in [5, 5.41) is 9.88. The van der Waals surface area contributed by atoms with Crippen molar-refractivity contribution < 1.29 is 4.74 Å². The number of hydrogen-bond acceptors (Lipinski definition) is 1. The normalized spacial score (nSPS) is 12.0. The van der Waals surface area contributed by atoms with Gasteiger partial charge in [0, 0.05) is 10.9 Å². The van der Waals surface area contributed by atoms with E-state index in [0.29, 0.717) is 0 Å². The van der Waals surface area contributed by atoms with Crippen molar-refractivity contribution in [3.8, 4) is 56.0 Å². The summed E-state index contributed by atoms with van der Waals surface area (Å²) in [6.45, 7) is 0. The third-order valence-corrected chi connectivity index (χ3v) is 9.85. The molecule has 218 valence electrons. The van der Waals surface area contributed by atoms with Crippen LogP contribution in [0.1, 0.15) is 0 Å². The molecule has 1 heterocycles. The van der Waals surface area contributed by atoms with Crippen molar-refractivity contribution in [3.63, 3.8) is 0 Å². The van der Waals surface area contributed by atoms with Gasteiger partial charge in [-0.05, 0) is 94.8 Å². The highest BCUT2D eigenvalue weighted by Crippen LogP contribution is 2.50. The first kappa shape index (κ1) is 26.1. The van der Waals surface area contributed by atoms with Gasteiger partial charge in [0.1, 0.15) is 11.5 Å². The summed E-state index contributed by atoms with van der Waals surface area (Å²) in [7, 11) is 0. The van der Waals surface area contributed by atoms with Crippen LogP contribution in [0.3, 0.4) is 0 Å². The zero-order valence-corrected chi connectivity index (χ0v) is 25.6. The topological polar surface area (TPSA) is 9.23 Å². The Kier molecular flexibility index (Phi) is 5.64. The quantitative estimate of drug-likeness (QED) is 0.184. The maximum absolute atomic E-state index is 6.47. The van der Waals surface area contributed by atoms with Gasteiger partial charge in [-0.1, -0.05) is 152 Å². The van der Waals surface area contributed by atoms with E-state index < -0.39 is 0 Å². The number of ether oxygens (including phenoxy) is 1. The molecule has 9 aromatic rings. The molecule has 0 saturated carbocycles. The summed E-state index contributed by atoms with van der Waals surface area (Å²) in [4.78, 5) is 0. The molecule has 0 amide bonds. The monoisotopic (exact) mass is 596 g/mol. The lowest BCUT2D eigenvalue weighted by Gasteiger charge is -2.23. The fraction of sp³-hybridized carbons (Fsp3) is 0. The highest BCUT2D eigenvalue weighted by molar-refractivity contribution is 6.24. The van der Waals surface area contributed by atoms with Gasteiger partial charge < -0.3 is 4.74 Å². The van der Waals surface area contributed by atoms with Gasteiger partial charge in [0.25, 0.3) is 0 Å². The average Bonchev–Trinajstić information content (AvgIpc) is 3.14. The predicted molar refractivity (Wildman–Crippen MR) is 198 cm³/mol. The van der Waals surface area contributed by atoms with Gasteiger partial charge in [-0.3, -0.25) is 0 Å². The Morgan fingerprint density at radius 2 is 0.872 bits per heavy atom. The second-order valence-electron chi connectivity index (χ2n) is 12.4. The molecule has 0 saturated heterocycles. The number of rotatable bonds is 3. The molecule has 0 radical (unpaired) electrons. The van der Waals surface area contributed by atoms with E-state index in [9.17, 15) is 0 Å². The van der Waals surface area contributed by atoms with Crippen LogP contribution in [0.2, 0.25) is 0 Å². The third-order valence-electron chi connectivity index (χ3n) is 9.85. The van der Waals surface area contributed by atoms with Gasteiger partial charge in [-0.15, -0.1) is 0 Å². The van der Waals surface area contributed by atoms with Crippen molar-refractivity contribution in [1.82, 2.24) is 0 Å². The van der Waals surface area contributed by atoms with Crippen LogP contribution in [-0.4, -0.2) is 0 Å². The van der Waals surface area contributed by atoms with E-state index in [1.807, 2.05) is 0 Å². The van der Waals surface area contributed by atoms with Crippen LogP contribution in [0.5, 0.6) is 11.5 Å². The zero-order chi connectivity index (χ0) is 30.9. The van der Waals surface area contributed by atoms with E-state index in [2.05, 4.69) is 170 Å². The van der Waals surface area contributed by atoms with E-state index in [-0.39, 0.29) is 0 Å². The van der Waals surface area contributed by atoms with Gasteiger partial charge >= 0.3 is 0 Å². The molecular formula is C46H28O. The van der Waals surface area contributed by atoms with Crippen LogP contribution in [0.15, 0.2) is 170 Å². The van der Waals surface area contributed by atoms with E-state index >= 15 is 0 Å². The van der Waals surface area contributed by atoms with Crippen molar-refractivity contribution in [2.24, 2.45) is 0 Å². The fourth-order valence-electron chi connectivity index (χ4n) is 7.84. The molecule has 0 N–H and O–H groups in total. The summed E-state index contributed by atoms with van der Waals surface area (Å²) in [5.41, 5.74) is 9.80. The van der Waals surface area contributed by atoms with Crippen molar-refractivity contribution in [3.05, 3.63) is 170 Å². The van der Waals surface area contributed by atoms with Crippen LogP contribution in [0.25, 0.3) is 87.6 Å². The summed E-state index contributed by atoms with van der Waals surface area (Å²) >= 11 is 0. The number of hydrogen-bond donors (Lipinski definition) is 0. The second-order valence-corrected chi connectivity index (χ2v) is 12.4. The standard InChI is InChI=1S/C46H28O/c1-2-12-29(13-3-1)32-25-26-40(34-17-5-4-16-33(32)34)46-37-20-8-6-18-35(37)44(36-19-7-9-21-38(36)46)31-24-27-42-41(28-31)39-22-10-14-30-15-11-23-43(47-42)45(30)39/h1-28H. The Hall–Kier alpha value is -6.18. The predicted octanol–water partition coefficient (Wildman–Crippen LogP) is 13.1. The van der Waals surface area contributed by atoms with Crippen molar-refractivity contribution in [1.29, 1.82) is 0 Å². The summed E-state index contributed by atoms with van der Waals surface area (Å²) in [6, 6.07) is 61.5. The highest BCUT2D eigenvalue weighted by Gasteiger charge is 2.23. The number of benzene rings is 9. The van der Waals surface area contributed by atoms with Gasteiger partial charge in [-0.25, -0.2) is 0 Å². The van der Waals surface area contributed by atoms with E-state index in [4.69, 9.17) is 4.74 Å². The molecule has 0 aliphatic carbocycles. The molecular weight excluding hydrogens is 569 g/mol. The van der Waals surface area contributed by atoms with E-state index in [1.54, 1.807) is 0 Å². The Morgan fingerprint density at radius 3 is 1.57 bits per heavy atom. The Balaban J connectivity index is 1.26. The van der Waals surface area contributed by atoms with Crippen molar-refractivity contribution in [2.75, 3.05) is 0 Å². The lowest BCUT2D eigenvalue weighted by Crippen LogP contribution is -1.98. The maximum Gasteiger partial charge on any atom is 0.135 e. The average molecular weight is 597 g/mol. The smallest absolute Gasteiger partial charge is 0.135 e. The van der Waals surface area contributed by atoms with Gasteiger partial charge in [0.2, 0.25) is 0 Å². The van der Waals surface area contributed by atoms with Crippen molar-refractivity contribution >= 4 is 43.1 Å². The zero-order valence-electron chi connectivity index (χ0n) is 25.6. The first-order chi connectivity index (χ1) is 23.3. The molecule has 9 aromatic carbocycles. The van der Waals surface area contributed by atoms with Gasteiger partial charge in [0.15, 0.2) is 0 Å². The molecule has 1 heteroatoms. The lowest BCUT2D eigenvalue weighted by molar-refractivity contribution is 0.487. The van der Waals surface area contributed by atoms with Gasteiger partial charge in [-0.2, -0.15) is 0 Å². The third kappa shape index (κ3) is 3.90. The van der Waals surface area contributed by atoms with Crippen LogP contribution in [0, 0.1) is 0 Å². The molecule has 0 bridgehead atoms. The summed E-state index contributed by atoms with van der Waals surface area (Å²) < 4.78 is 6.47. The molecule has 1 aliphatic heterocycles. The molecule has 0 unspecified atom stereocenters. The Morgan fingerprint density at radius 1 is 0.298 bits per heavy atom. The highest BCUT2D eigenvalue weighted by atomic mass is 16.5. The minimum Gasteiger partial charge on any atom is -0.456 e. The Labute approximate surface area is 272 Å². The number of fused-ring (bicyclic) bond motifs is 5. The van der Waals surface area contributed by atoms with Gasteiger partial charge in [0.05, 0.1) is 0 Å². The fourth-order valence-corrected chi connectivity index (χ4v) is 7.84. The van der Waals surface area contributed by atoms with Crippen LogP contribution >= 0.6 is 0 Å².